The van der Waals surface area contributed by atoms with Crippen molar-refractivity contribution in [2.45, 2.75) is 26.7 Å². The molecule has 0 bridgehead atoms. The van der Waals surface area contributed by atoms with Crippen molar-refractivity contribution in [3.63, 3.8) is 0 Å². The molecular weight excluding hydrogens is 213 g/mol. The summed E-state index contributed by atoms with van der Waals surface area (Å²) in [6.07, 6.45) is 1.03. The third-order valence-corrected chi connectivity index (χ3v) is 3.03. The van der Waals surface area contributed by atoms with Crippen LogP contribution in [0, 0.1) is 22.6 Å². The summed E-state index contributed by atoms with van der Waals surface area (Å²) < 4.78 is 13.5. The maximum atomic E-state index is 13.5. The van der Waals surface area contributed by atoms with E-state index >= 15 is 0 Å². The summed E-state index contributed by atoms with van der Waals surface area (Å²) in [4.78, 5) is 0. The Labute approximate surface area is 94.5 Å². The normalized spacial score (nSPS) is 14.3. The Balaban J connectivity index is 3.05. The van der Waals surface area contributed by atoms with Crippen molar-refractivity contribution in [1.29, 1.82) is 5.26 Å². The van der Waals surface area contributed by atoms with Crippen LogP contribution in [0.4, 0.5) is 4.39 Å². The predicted octanol–water partition coefficient (Wildman–Crippen LogP) is 3.96. The number of hydrogen-bond acceptors (Lipinski definition) is 1. The quantitative estimate of drug-likeness (QED) is 0.764. The van der Waals surface area contributed by atoms with Gasteiger partial charge in [-0.15, -0.1) is 0 Å². The minimum atomic E-state index is -0.550. The predicted molar refractivity (Wildman–Crippen MR) is 59.1 cm³/mol. The van der Waals surface area contributed by atoms with Crippen LogP contribution in [0.25, 0.3) is 0 Å². The largest absolute Gasteiger partial charge is 0.207 e. The van der Waals surface area contributed by atoms with Gasteiger partial charge in [0.1, 0.15) is 5.82 Å². The number of rotatable bonds is 3. The van der Waals surface area contributed by atoms with E-state index in [1.807, 2.05) is 13.8 Å². The molecule has 15 heavy (non-hydrogen) atoms. The van der Waals surface area contributed by atoms with Gasteiger partial charge in [-0.3, -0.25) is 0 Å². The molecule has 0 aliphatic heterocycles. The third-order valence-electron chi connectivity index (χ3n) is 2.68. The van der Waals surface area contributed by atoms with Gasteiger partial charge in [0.05, 0.1) is 11.5 Å². The van der Waals surface area contributed by atoms with Gasteiger partial charge in [-0.1, -0.05) is 24.6 Å². The number of nitriles is 1. The Morgan fingerprint density at radius 1 is 1.53 bits per heavy atom. The fraction of sp³-hybridized carbons (Fsp3) is 0.417. The van der Waals surface area contributed by atoms with Crippen molar-refractivity contribution in [3.05, 3.63) is 34.6 Å². The van der Waals surface area contributed by atoms with Crippen LogP contribution in [0.2, 0.25) is 5.02 Å². The van der Waals surface area contributed by atoms with Crippen molar-refractivity contribution >= 4 is 11.6 Å². The lowest BCUT2D eigenvalue weighted by atomic mass is 9.82. The van der Waals surface area contributed by atoms with E-state index < -0.39 is 5.41 Å². The highest BCUT2D eigenvalue weighted by molar-refractivity contribution is 6.31. The van der Waals surface area contributed by atoms with E-state index in [2.05, 4.69) is 6.07 Å². The number of benzene rings is 1. The Bertz CT molecular complexity index is 377. The van der Waals surface area contributed by atoms with Gasteiger partial charge in [0.25, 0.3) is 0 Å². The summed E-state index contributed by atoms with van der Waals surface area (Å²) in [5, 5.41) is 9.41. The molecular formula is C12H13ClFN. The topological polar surface area (TPSA) is 23.8 Å². The Morgan fingerprint density at radius 3 is 2.67 bits per heavy atom. The second-order valence-corrected chi connectivity index (χ2v) is 4.31. The molecule has 1 unspecified atom stereocenters. The van der Waals surface area contributed by atoms with E-state index in [1.165, 1.54) is 6.07 Å². The Kier molecular flexibility index (Phi) is 3.71. The monoisotopic (exact) mass is 225 g/mol. The van der Waals surface area contributed by atoms with Crippen LogP contribution < -0.4 is 0 Å². The van der Waals surface area contributed by atoms with Gasteiger partial charge < -0.3 is 0 Å². The highest BCUT2D eigenvalue weighted by Crippen LogP contribution is 2.30. The summed E-state index contributed by atoms with van der Waals surface area (Å²) in [6, 6.07) is 6.79. The highest BCUT2D eigenvalue weighted by atomic mass is 35.5. The number of nitrogens with zero attached hydrogens (tertiary/aromatic N) is 1. The lowest BCUT2D eigenvalue weighted by molar-refractivity contribution is 0.414. The molecule has 3 heteroatoms. The molecule has 80 valence electrons. The van der Waals surface area contributed by atoms with Gasteiger partial charge in [-0.05, 0) is 31.9 Å². The summed E-state index contributed by atoms with van der Waals surface area (Å²) >= 11 is 5.90. The van der Waals surface area contributed by atoms with Crippen molar-refractivity contribution in [1.82, 2.24) is 0 Å². The molecule has 1 aromatic carbocycles. The zero-order valence-electron chi connectivity index (χ0n) is 8.85. The smallest absolute Gasteiger partial charge is 0.127 e. The van der Waals surface area contributed by atoms with E-state index in [-0.39, 0.29) is 5.82 Å². The molecule has 0 fully saturated rings. The van der Waals surface area contributed by atoms with Gasteiger partial charge in [-0.2, -0.15) is 5.26 Å². The lowest BCUT2D eigenvalue weighted by Crippen LogP contribution is -2.17. The molecule has 0 saturated heterocycles. The summed E-state index contributed by atoms with van der Waals surface area (Å²) in [5.74, 6) is -0.336. The standard InChI is InChI=1S/C12H13ClFN/c1-3-12(2,8-15)7-9-10(13)5-4-6-11(9)14/h4-6H,3,7H2,1-2H3. The van der Waals surface area contributed by atoms with E-state index in [0.717, 1.165) is 0 Å². The second kappa shape index (κ2) is 4.63. The first-order valence-corrected chi connectivity index (χ1v) is 5.24. The molecule has 1 atom stereocenters. The SMILES string of the molecule is CCC(C)(C#N)Cc1c(F)cccc1Cl. The minimum Gasteiger partial charge on any atom is -0.207 e. The van der Waals surface area contributed by atoms with Crippen molar-refractivity contribution in [2.24, 2.45) is 5.41 Å². The van der Waals surface area contributed by atoms with Crippen LogP contribution in [0.15, 0.2) is 18.2 Å². The van der Waals surface area contributed by atoms with Crippen molar-refractivity contribution in [3.8, 4) is 6.07 Å². The lowest BCUT2D eigenvalue weighted by Gasteiger charge is -2.20. The molecule has 0 aliphatic rings. The average molecular weight is 226 g/mol. The maximum Gasteiger partial charge on any atom is 0.127 e. The van der Waals surface area contributed by atoms with Gasteiger partial charge in [0.2, 0.25) is 0 Å². The van der Waals surface area contributed by atoms with E-state index in [4.69, 9.17) is 16.9 Å². The third kappa shape index (κ3) is 2.70. The van der Waals surface area contributed by atoms with E-state index in [0.29, 0.717) is 23.4 Å². The molecule has 0 aliphatic carbocycles. The molecule has 0 saturated carbocycles. The van der Waals surface area contributed by atoms with Crippen LogP contribution in [0.1, 0.15) is 25.8 Å². The molecule has 0 N–H and O–H groups in total. The zero-order valence-corrected chi connectivity index (χ0v) is 9.61. The van der Waals surface area contributed by atoms with Crippen LogP contribution >= 0.6 is 11.6 Å². The summed E-state index contributed by atoms with van der Waals surface area (Å²) in [5.41, 5.74) is -0.115. The first-order chi connectivity index (χ1) is 7.02. The van der Waals surface area contributed by atoms with Crippen LogP contribution in [-0.4, -0.2) is 0 Å². The number of halogens is 2. The molecule has 0 heterocycles. The first kappa shape index (κ1) is 12.0. The molecule has 0 amide bonds. The van der Waals surface area contributed by atoms with Crippen LogP contribution in [0.3, 0.4) is 0 Å². The number of hydrogen-bond donors (Lipinski definition) is 0. The molecule has 0 aromatic heterocycles. The average Bonchev–Trinajstić information content (AvgIpc) is 2.23. The minimum absolute atomic E-state index is 0.336. The molecule has 1 rings (SSSR count). The molecule has 0 radical (unpaired) electrons. The highest BCUT2D eigenvalue weighted by Gasteiger charge is 2.24. The molecule has 0 spiro atoms. The zero-order chi connectivity index (χ0) is 11.5. The second-order valence-electron chi connectivity index (χ2n) is 3.90. The maximum absolute atomic E-state index is 13.5. The van der Waals surface area contributed by atoms with Gasteiger partial charge >= 0.3 is 0 Å². The van der Waals surface area contributed by atoms with E-state index in [1.54, 1.807) is 12.1 Å². The molecule has 1 nitrogen and oxygen atoms in total. The Hall–Kier alpha value is -1.07. The van der Waals surface area contributed by atoms with Crippen LogP contribution in [0.5, 0.6) is 0 Å². The summed E-state index contributed by atoms with van der Waals surface area (Å²) in [6.45, 7) is 3.73. The molecule has 1 aromatic rings. The van der Waals surface area contributed by atoms with Gasteiger partial charge in [-0.25, -0.2) is 4.39 Å². The Morgan fingerprint density at radius 2 is 2.20 bits per heavy atom. The summed E-state index contributed by atoms with van der Waals surface area (Å²) in [7, 11) is 0. The first-order valence-electron chi connectivity index (χ1n) is 4.86. The van der Waals surface area contributed by atoms with E-state index in [9.17, 15) is 4.39 Å². The van der Waals surface area contributed by atoms with Crippen molar-refractivity contribution < 1.29 is 4.39 Å². The van der Waals surface area contributed by atoms with Gasteiger partial charge in [0, 0.05) is 10.6 Å². The fourth-order valence-corrected chi connectivity index (χ4v) is 1.56. The van der Waals surface area contributed by atoms with Gasteiger partial charge in [0.15, 0.2) is 0 Å². The fourth-order valence-electron chi connectivity index (χ4n) is 1.33. The van der Waals surface area contributed by atoms with Crippen LogP contribution in [-0.2, 0) is 6.42 Å². The van der Waals surface area contributed by atoms with Crippen molar-refractivity contribution in [2.75, 3.05) is 0 Å².